The molecular formula is C23H24N6O2S. The van der Waals surface area contributed by atoms with Gasteiger partial charge in [-0.05, 0) is 50.3 Å². The van der Waals surface area contributed by atoms with Crippen molar-refractivity contribution in [2.75, 3.05) is 17.3 Å². The lowest BCUT2D eigenvalue weighted by Gasteiger charge is -2.08. The number of nitrogens with one attached hydrogen (secondary N) is 1. The third-order valence-corrected chi connectivity index (χ3v) is 5.57. The number of benzene rings is 2. The van der Waals surface area contributed by atoms with Crippen molar-refractivity contribution < 1.29 is 9.32 Å². The molecule has 0 bridgehead atoms. The van der Waals surface area contributed by atoms with Crippen LogP contribution in [0.3, 0.4) is 0 Å². The van der Waals surface area contributed by atoms with Crippen LogP contribution in [0.15, 0.2) is 52.0 Å². The summed E-state index contributed by atoms with van der Waals surface area (Å²) in [5, 5.41) is 12.1. The number of carbonyl (C=O) groups excluding carboxylic acids is 1. The lowest BCUT2D eigenvalue weighted by Crippen LogP contribution is -2.20. The second-order valence-corrected chi connectivity index (χ2v) is 8.44. The quantitative estimate of drug-likeness (QED) is 0.419. The van der Waals surface area contributed by atoms with Crippen LogP contribution >= 0.6 is 11.8 Å². The zero-order valence-electron chi connectivity index (χ0n) is 18.3. The summed E-state index contributed by atoms with van der Waals surface area (Å²) in [6.07, 6.45) is 1.88. The normalized spacial score (nSPS) is 11.0. The molecule has 8 nitrogen and oxygen atoms in total. The second kappa shape index (κ2) is 8.88. The average Bonchev–Trinajstić information content (AvgIpc) is 3.32. The highest BCUT2D eigenvalue weighted by Crippen LogP contribution is 2.34. The molecule has 4 aromatic rings. The van der Waals surface area contributed by atoms with Gasteiger partial charge in [-0.1, -0.05) is 41.1 Å². The molecule has 0 saturated carbocycles. The van der Waals surface area contributed by atoms with Gasteiger partial charge in [-0.3, -0.25) is 4.79 Å². The Morgan fingerprint density at radius 3 is 2.44 bits per heavy atom. The van der Waals surface area contributed by atoms with E-state index < -0.39 is 0 Å². The molecule has 0 unspecified atom stereocenters. The summed E-state index contributed by atoms with van der Waals surface area (Å²) in [4.78, 5) is 17.1. The number of anilines is 2. The predicted octanol–water partition coefficient (Wildman–Crippen LogP) is 4.47. The van der Waals surface area contributed by atoms with Crippen molar-refractivity contribution in [1.82, 2.24) is 19.9 Å². The topological polar surface area (TPSA) is 112 Å². The molecule has 0 aliphatic rings. The predicted molar refractivity (Wildman–Crippen MR) is 126 cm³/mol. The van der Waals surface area contributed by atoms with Crippen LogP contribution < -0.4 is 11.1 Å². The fourth-order valence-corrected chi connectivity index (χ4v) is 4.02. The van der Waals surface area contributed by atoms with Gasteiger partial charge in [0.1, 0.15) is 23.0 Å². The maximum atomic E-state index is 12.6. The molecule has 32 heavy (non-hydrogen) atoms. The first-order chi connectivity index (χ1) is 15.3. The maximum Gasteiger partial charge on any atom is 0.264 e. The van der Waals surface area contributed by atoms with E-state index in [1.807, 2.05) is 69.5 Å². The van der Waals surface area contributed by atoms with E-state index in [9.17, 15) is 4.79 Å². The van der Waals surface area contributed by atoms with Gasteiger partial charge in [0, 0.05) is 11.3 Å². The molecule has 1 amide bonds. The molecule has 0 spiro atoms. The van der Waals surface area contributed by atoms with Crippen molar-refractivity contribution in [3.8, 4) is 22.8 Å². The first kappa shape index (κ1) is 21.6. The molecule has 164 valence electrons. The Hall–Kier alpha value is -3.59. The molecule has 0 atom stereocenters. The molecule has 2 heterocycles. The molecule has 0 aliphatic heterocycles. The SMILES string of the molecule is CSc1nn(CC(=O)Nc2cc(C)cc(C)c2)c(N)c1-c1nc(-c2ccc(C)cc2)no1. The highest BCUT2D eigenvalue weighted by Gasteiger charge is 2.23. The van der Waals surface area contributed by atoms with Gasteiger partial charge in [-0.15, -0.1) is 11.8 Å². The van der Waals surface area contributed by atoms with Gasteiger partial charge < -0.3 is 15.6 Å². The van der Waals surface area contributed by atoms with Crippen molar-refractivity contribution >= 4 is 29.2 Å². The first-order valence-electron chi connectivity index (χ1n) is 10.0. The van der Waals surface area contributed by atoms with Gasteiger partial charge in [-0.25, -0.2) is 4.68 Å². The highest BCUT2D eigenvalue weighted by atomic mass is 32.2. The summed E-state index contributed by atoms with van der Waals surface area (Å²) >= 11 is 1.40. The van der Waals surface area contributed by atoms with Crippen molar-refractivity contribution in [3.05, 3.63) is 59.2 Å². The molecule has 4 rings (SSSR count). The van der Waals surface area contributed by atoms with E-state index in [-0.39, 0.29) is 18.3 Å². The van der Waals surface area contributed by atoms with Gasteiger partial charge in [0.25, 0.3) is 5.89 Å². The van der Waals surface area contributed by atoms with Crippen molar-refractivity contribution in [2.24, 2.45) is 0 Å². The smallest absolute Gasteiger partial charge is 0.264 e. The van der Waals surface area contributed by atoms with Crippen LogP contribution in [0.4, 0.5) is 11.5 Å². The minimum Gasteiger partial charge on any atom is -0.383 e. The summed E-state index contributed by atoms with van der Waals surface area (Å²) in [6.45, 7) is 5.95. The zero-order valence-corrected chi connectivity index (χ0v) is 19.2. The Kier molecular flexibility index (Phi) is 6.00. The summed E-state index contributed by atoms with van der Waals surface area (Å²) in [5.74, 6) is 0.800. The molecule has 0 radical (unpaired) electrons. The number of rotatable bonds is 6. The Balaban J connectivity index is 1.58. The van der Waals surface area contributed by atoms with Crippen LogP contribution in [-0.4, -0.2) is 32.1 Å². The number of nitrogen functional groups attached to an aromatic ring is 1. The van der Waals surface area contributed by atoms with Crippen LogP contribution in [-0.2, 0) is 11.3 Å². The highest BCUT2D eigenvalue weighted by molar-refractivity contribution is 7.98. The van der Waals surface area contributed by atoms with Crippen LogP contribution in [0, 0.1) is 20.8 Å². The van der Waals surface area contributed by atoms with Crippen molar-refractivity contribution in [2.45, 2.75) is 32.3 Å². The number of nitrogens with zero attached hydrogens (tertiary/aromatic N) is 4. The molecule has 2 aromatic heterocycles. The van der Waals surface area contributed by atoms with Gasteiger partial charge in [0.2, 0.25) is 11.7 Å². The van der Waals surface area contributed by atoms with E-state index in [0.29, 0.717) is 22.2 Å². The Morgan fingerprint density at radius 1 is 1.09 bits per heavy atom. The fraction of sp³-hybridized carbons (Fsp3) is 0.217. The van der Waals surface area contributed by atoms with Crippen LogP contribution in [0.5, 0.6) is 0 Å². The third kappa shape index (κ3) is 4.52. The number of aromatic nitrogens is 4. The Morgan fingerprint density at radius 2 is 1.78 bits per heavy atom. The van der Waals surface area contributed by atoms with Crippen molar-refractivity contribution in [3.63, 3.8) is 0 Å². The first-order valence-corrected chi connectivity index (χ1v) is 11.3. The Labute approximate surface area is 190 Å². The molecular weight excluding hydrogens is 424 g/mol. The molecule has 3 N–H and O–H groups in total. The van der Waals surface area contributed by atoms with E-state index in [0.717, 1.165) is 27.9 Å². The number of carbonyl (C=O) groups is 1. The summed E-state index contributed by atoms with van der Waals surface area (Å²) in [5.41, 5.74) is 11.8. The van der Waals surface area contributed by atoms with Gasteiger partial charge in [0.05, 0.1) is 0 Å². The van der Waals surface area contributed by atoms with Gasteiger partial charge in [0.15, 0.2) is 0 Å². The summed E-state index contributed by atoms with van der Waals surface area (Å²) < 4.78 is 6.94. The maximum absolute atomic E-state index is 12.6. The molecule has 0 fully saturated rings. The molecule has 0 aliphatic carbocycles. The van der Waals surface area contributed by atoms with E-state index in [2.05, 4.69) is 20.6 Å². The number of hydrogen-bond donors (Lipinski definition) is 2. The largest absolute Gasteiger partial charge is 0.383 e. The number of amides is 1. The number of thioether (sulfide) groups is 1. The minimum atomic E-state index is -0.228. The standard InChI is InChI=1S/C23H24N6O2S/c1-13-5-7-16(8-6-13)21-26-22(31-28-21)19-20(24)29(27-23(19)32-4)12-18(30)25-17-10-14(2)9-15(3)11-17/h5-11H,12,24H2,1-4H3,(H,25,30). The Bertz CT molecular complexity index is 1260. The van der Waals surface area contributed by atoms with Crippen LogP contribution in [0.2, 0.25) is 0 Å². The van der Waals surface area contributed by atoms with E-state index in [1.165, 1.54) is 16.4 Å². The van der Waals surface area contributed by atoms with Gasteiger partial charge >= 0.3 is 0 Å². The van der Waals surface area contributed by atoms with E-state index in [1.54, 1.807) is 0 Å². The summed E-state index contributed by atoms with van der Waals surface area (Å²) in [6, 6.07) is 13.7. The molecule has 2 aromatic carbocycles. The van der Waals surface area contributed by atoms with E-state index in [4.69, 9.17) is 10.3 Å². The average molecular weight is 449 g/mol. The monoisotopic (exact) mass is 448 g/mol. The zero-order chi connectivity index (χ0) is 22.8. The third-order valence-electron chi connectivity index (χ3n) is 4.90. The number of hydrogen-bond acceptors (Lipinski definition) is 7. The molecule has 9 heteroatoms. The van der Waals surface area contributed by atoms with Crippen LogP contribution in [0.25, 0.3) is 22.8 Å². The van der Waals surface area contributed by atoms with Gasteiger partial charge in [-0.2, -0.15) is 10.1 Å². The van der Waals surface area contributed by atoms with E-state index >= 15 is 0 Å². The number of aryl methyl sites for hydroxylation is 3. The summed E-state index contributed by atoms with van der Waals surface area (Å²) in [7, 11) is 0. The number of nitrogens with two attached hydrogens (primary N) is 1. The van der Waals surface area contributed by atoms with Crippen LogP contribution in [0.1, 0.15) is 16.7 Å². The molecule has 0 saturated heterocycles. The minimum absolute atomic E-state index is 0.0364. The fourth-order valence-electron chi connectivity index (χ4n) is 3.44. The van der Waals surface area contributed by atoms with Crippen molar-refractivity contribution in [1.29, 1.82) is 0 Å². The lowest BCUT2D eigenvalue weighted by atomic mass is 10.1. The lowest BCUT2D eigenvalue weighted by molar-refractivity contribution is -0.116. The second-order valence-electron chi connectivity index (χ2n) is 7.64.